The number of amides is 2. The lowest BCUT2D eigenvalue weighted by atomic mass is 9.63. The summed E-state index contributed by atoms with van der Waals surface area (Å²) in [7, 11) is 0. The molecule has 3 aliphatic carbocycles. The number of hydrogen-bond donors (Lipinski definition) is 0. The summed E-state index contributed by atoms with van der Waals surface area (Å²) < 4.78 is 4.94. The van der Waals surface area contributed by atoms with Crippen molar-refractivity contribution in [1.29, 1.82) is 0 Å². The van der Waals surface area contributed by atoms with E-state index >= 15 is 0 Å². The number of carbonyl (C=O) groups excluding carboxylic acids is 2. The van der Waals surface area contributed by atoms with E-state index in [0.717, 1.165) is 24.1 Å². The van der Waals surface area contributed by atoms with Crippen LogP contribution in [-0.2, 0) is 9.59 Å². The average molecular weight is 315 g/mol. The van der Waals surface area contributed by atoms with Gasteiger partial charge in [-0.05, 0) is 30.7 Å². The summed E-state index contributed by atoms with van der Waals surface area (Å²) in [5, 5.41) is 15.4. The van der Waals surface area contributed by atoms with E-state index < -0.39 is 10.8 Å². The third-order valence-corrected chi connectivity index (χ3v) is 4.83. The van der Waals surface area contributed by atoms with Gasteiger partial charge in [-0.1, -0.05) is 12.2 Å². The third kappa shape index (κ3) is 2.01. The van der Waals surface area contributed by atoms with E-state index in [1.54, 1.807) is 0 Å². The van der Waals surface area contributed by atoms with Crippen molar-refractivity contribution in [2.45, 2.75) is 12.8 Å². The first-order chi connectivity index (χ1) is 11.1. The van der Waals surface area contributed by atoms with Crippen molar-refractivity contribution in [2.75, 3.05) is 0 Å². The van der Waals surface area contributed by atoms with Crippen LogP contribution in [0, 0.1) is 33.8 Å². The van der Waals surface area contributed by atoms with E-state index in [1.165, 1.54) is 12.1 Å². The Morgan fingerprint density at radius 1 is 1.17 bits per heavy atom. The Balaban J connectivity index is 1.58. The largest absolute Gasteiger partial charge is 0.433 e. The van der Waals surface area contributed by atoms with Crippen LogP contribution in [0.2, 0.25) is 0 Å². The maximum absolute atomic E-state index is 12.5. The highest BCUT2D eigenvalue weighted by molar-refractivity contribution is 6.06. The van der Waals surface area contributed by atoms with Crippen LogP contribution >= 0.6 is 0 Å². The van der Waals surface area contributed by atoms with Crippen molar-refractivity contribution in [1.82, 2.24) is 5.01 Å². The first kappa shape index (κ1) is 13.9. The van der Waals surface area contributed by atoms with Crippen LogP contribution in [0.5, 0.6) is 0 Å². The predicted molar refractivity (Wildman–Crippen MR) is 77.1 cm³/mol. The second-order valence-electron chi connectivity index (χ2n) is 6.01. The fourth-order valence-corrected chi connectivity index (χ4v) is 3.80. The summed E-state index contributed by atoms with van der Waals surface area (Å²) in [6.07, 6.45) is 7.06. The van der Waals surface area contributed by atoms with Crippen LogP contribution in [-0.4, -0.2) is 28.0 Å². The highest BCUT2D eigenvalue weighted by Gasteiger charge is 2.56. The summed E-state index contributed by atoms with van der Waals surface area (Å²) >= 11 is 0. The molecule has 0 radical (unpaired) electrons. The maximum atomic E-state index is 12.5. The van der Waals surface area contributed by atoms with Gasteiger partial charge in [0.15, 0.2) is 5.76 Å². The predicted octanol–water partition coefficient (Wildman–Crippen LogP) is 1.72. The lowest BCUT2D eigenvalue weighted by Crippen LogP contribution is -2.38. The monoisotopic (exact) mass is 315 g/mol. The first-order valence-corrected chi connectivity index (χ1v) is 7.40. The standard InChI is InChI=1S/C15H13N3O5/c19-14-12-8-1-2-9(4-3-8)13(12)15(20)17(14)16-7-10-5-6-11(23-10)18(21)22/h1-2,5-9,12-13H,3-4H2/b16-7-/t8-,9-,12-,13-/m0/s1. The summed E-state index contributed by atoms with van der Waals surface area (Å²) in [6.45, 7) is 0. The van der Waals surface area contributed by atoms with Crippen molar-refractivity contribution in [3.8, 4) is 0 Å². The Kier molecular flexibility index (Phi) is 2.93. The first-order valence-electron chi connectivity index (χ1n) is 7.40. The maximum Gasteiger partial charge on any atom is 0.433 e. The van der Waals surface area contributed by atoms with Crippen LogP contribution in [0.15, 0.2) is 33.8 Å². The fraction of sp³-hybridized carbons (Fsp3) is 0.400. The van der Waals surface area contributed by atoms with Crippen molar-refractivity contribution in [3.63, 3.8) is 0 Å². The third-order valence-electron chi connectivity index (χ3n) is 4.83. The molecule has 2 bridgehead atoms. The minimum Gasteiger partial charge on any atom is -0.400 e. The molecular weight excluding hydrogens is 302 g/mol. The lowest BCUT2D eigenvalue weighted by Gasteiger charge is -2.37. The number of rotatable bonds is 3. The van der Waals surface area contributed by atoms with E-state index in [-0.39, 0.29) is 41.2 Å². The normalized spacial score (nSPS) is 32.1. The highest BCUT2D eigenvalue weighted by Crippen LogP contribution is 2.49. The molecular formula is C15H13N3O5. The Bertz CT molecular complexity index is 733. The Morgan fingerprint density at radius 2 is 1.78 bits per heavy atom. The number of hydrazone groups is 1. The van der Waals surface area contributed by atoms with Gasteiger partial charge in [0, 0.05) is 0 Å². The fourth-order valence-electron chi connectivity index (χ4n) is 3.80. The molecule has 1 saturated heterocycles. The molecule has 1 aromatic heterocycles. The van der Waals surface area contributed by atoms with Crippen LogP contribution in [0.3, 0.4) is 0 Å². The van der Waals surface area contributed by atoms with E-state index in [0.29, 0.717) is 0 Å². The zero-order valence-electron chi connectivity index (χ0n) is 12.0. The van der Waals surface area contributed by atoms with E-state index in [9.17, 15) is 19.7 Å². The number of allylic oxidation sites excluding steroid dienone is 2. The van der Waals surface area contributed by atoms with Gasteiger partial charge in [0.2, 0.25) is 0 Å². The molecule has 1 saturated carbocycles. The van der Waals surface area contributed by atoms with Crippen LogP contribution < -0.4 is 0 Å². The number of nitro groups is 1. The molecule has 5 rings (SSSR count). The summed E-state index contributed by atoms with van der Waals surface area (Å²) in [5.74, 6) is -1.33. The second kappa shape index (κ2) is 4.87. The molecule has 8 heteroatoms. The number of fused-ring (bicyclic) bond motifs is 1. The van der Waals surface area contributed by atoms with E-state index in [4.69, 9.17) is 4.42 Å². The van der Waals surface area contributed by atoms with Crippen molar-refractivity contribution >= 4 is 23.9 Å². The second-order valence-corrected chi connectivity index (χ2v) is 6.01. The lowest BCUT2D eigenvalue weighted by molar-refractivity contribution is -0.402. The number of nitrogens with zero attached hydrogens (tertiary/aromatic N) is 3. The van der Waals surface area contributed by atoms with Gasteiger partial charge < -0.3 is 4.42 Å². The number of imide groups is 1. The van der Waals surface area contributed by atoms with Crippen LogP contribution in [0.4, 0.5) is 5.88 Å². The number of carbonyl (C=O) groups is 2. The number of hydrogen-bond acceptors (Lipinski definition) is 6. The molecule has 2 amide bonds. The molecule has 0 N–H and O–H groups in total. The van der Waals surface area contributed by atoms with Gasteiger partial charge in [-0.25, -0.2) is 0 Å². The molecule has 0 aromatic carbocycles. The SMILES string of the molecule is O=C1[C@@H]2[C@@H](C(=O)N1/N=C\c1ccc([N+](=O)[O-])o1)[C@H]1C=C[C@H]2CC1. The van der Waals surface area contributed by atoms with E-state index in [2.05, 4.69) is 5.10 Å². The summed E-state index contributed by atoms with van der Waals surface area (Å²) in [4.78, 5) is 34.9. The topological polar surface area (TPSA) is 106 Å². The van der Waals surface area contributed by atoms with Gasteiger partial charge in [0.1, 0.15) is 4.92 Å². The Hall–Kier alpha value is -2.77. The Labute approximate surface area is 130 Å². The molecule has 2 fully saturated rings. The van der Waals surface area contributed by atoms with Crippen molar-refractivity contribution < 1.29 is 18.9 Å². The van der Waals surface area contributed by atoms with Gasteiger partial charge in [-0.15, -0.1) is 0 Å². The molecule has 2 heterocycles. The summed E-state index contributed by atoms with van der Waals surface area (Å²) in [6, 6.07) is 2.56. The van der Waals surface area contributed by atoms with Crippen LogP contribution in [0.25, 0.3) is 0 Å². The van der Waals surface area contributed by atoms with Crippen molar-refractivity contribution in [3.05, 3.63) is 40.2 Å². The molecule has 4 aliphatic rings. The smallest absolute Gasteiger partial charge is 0.400 e. The van der Waals surface area contributed by atoms with Gasteiger partial charge in [-0.3, -0.25) is 19.7 Å². The molecule has 4 atom stereocenters. The summed E-state index contributed by atoms with van der Waals surface area (Å²) in [5.41, 5.74) is 0. The van der Waals surface area contributed by atoms with Crippen LogP contribution in [0.1, 0.15) is 18.6 Å². The molecule has 23 heavy (non-hydrogen) atoms. The molecule has 1 aliphatic heterocycles. The molecule has 8 nitrogen and oxygen atoms in total. The van der Waals surface area contributed by atoms with Gasteiger partial charge in [0.25, 0.3) is 11.8 Å². The Morgan fingerprint density at radius 3 is 2.26 bits per heavy atom. The number of furan rings is 1. The molecule has 0 spiro atoms. The minimum atomic E-state index is -0.665. The minimum absolute atomic E-state index is 0.103. The molecule has 1 aromatic rings. The van der Waals surface area contributed by atoms with Crippen molar-refractivity contribution in [2.24, 2.45) is 28.8 Å². The molecule has 0 unspecified atom stereocenters. The zero-order chi connectivity index (χ0) is 16.1. The average Bonchev–Trinajstić information content (AvgIpc) is 3.13. The van der Waals surface area contributed by atoms with Gasteiger partial charge >= 0.3 is 5.88 Å². The zero-order valence-corrected chi connectivity index (χ0v) is 12.0. The van der Waals surface area contributed by atoms with Gasteiger partial charge in [-0.2, -0.15) is 10.1 Å². The van der Waals surface area contributed by atoms with Gasteiger partial charge in [0.05, 0.1) is 24.1 Å². The quantitative estimate of drug-likeness (QED) is 0.277. The molecule has 118 valence electrons. The van der Waals surface area contributed by atoms with E-state index in [1.807, 2.05) is 12.2 Å². The highest BCUT2D eigenvalue weighted by atomic mass is 16.6.